The van der Waals surface area contributed by atoms with E-state index in [1.54, 1.807) is 0 Å². The highest BCUT2D eigenvalue weighted by Crippen LogP contribution is 2.32. The maximum absolute atomic E-state index is 6.15. The fourth-order valence-corrected chi connectivity index (χ4v) is 3.12. The highest BCUT2D eigenvalue weighted by atomic mass is 35.5. The lowest BCUT2D eigenvalue weighted by Crippen LogP contribution is -2.20. The zero-order valence-electron chi connectivity index (χ0n) is 12.2. The van der Waals surface area contributed by atoms with Crippen LogP contribution in [-0.2, 0) is 0 Å². The van der Waals surface area contributed by atoms with Gasteiger partial charge in [-0.2, -0.15) is 0 Å². The third-order valence-electron chi connectivity index (χ3n) is 3.59. The van der Waals surface area contributed by atoms with Crippen molar-refractivity contribution in [2.45, 2.75) is 26.8 Å². The molecule has 0 bridgehead atoms. The number of halogens is 2. The average Bonchev–Trinajstić information content (AvgIpc) is 2.37. The monoisotopic (exact) mass is 307 g/mol. The molecular weight excluding hydrogens is 289 g/mol. The van der Waals surface area contributed by atoms with Crippen LogP contribution >= 0.6 is 23.2 Å². The van der Waals surface area contributed by atoms with Crippen LogP contribution in [0, 0.1) is 20.8 Å². The summed E-state index contributed by atoms with van der Waals surface area (Å²) in [6.45, 7) is 6.42. The molecular formula is C17H19Cl2N. The van der Waals surface area contributed by atoms with E-state index in [-0.39, 0.29) is 6.04 Å². The number of hydrogen-bond donors (Lipinski definition) is 1. The topological polar surface area (TPSA) is 12.0 Å². The zero-order chi connectivity index (χ0) is 14.9. The summed E-state index contributed by atoms with van der Waals surface area (Å²) in [5, 5.41) is 4.56. The Morgan fingerprint density at radius 2 is 1.50 bits per heavy atom. The zero-order valence-corrected chi connectivity index (χ0v) is 13.7. The van der Waals surface area contributed by atoms with E-state index in [0.717, 1.165) is 5.56 Å². The molecule has 0 aromatic heterocycles. The van der Waals surface area contributed by atoms with Crippen molar-refractivity contribution in [3.63, 3.8) is 0 Å². The lowest BCUT2D eigenvalue weighted by molar-refractivity contribution is 0.683. The second-order valence-corrected chi connectivity index (χ2v) is 6.02. The largest absolute Gasteiger partial charge is 0.309 e. The van der Waals surface area contributed by atoms with Crippen molar-refractivity contribution in [1.82, 2.24) is 5.32 Å². The van der Waals surface area contributed by atoms with Crippen LogP contribution in [0.2, 0.25) is 10.0 Å². The molecule has 20 heavy (non-hydrogen) atoms. The van der Waals surface area contributed by atoms with E-state index in [4.69, 9.17) is 23.2 Å². The van der Waals surface area contributed by atoms with Gasteiger partial charge in [0, 0.05) is 0 Å². The van der Waals surface area contributed by atoms with Gasteiger partial charge < -0.3 is 5.32 Å². The Labute approximate surface area is 130 Å². The molecule has 1 unspecified atom stereocenters. The summed E-state index contributed by atoms with van der Waals surface area (Å²) in [4.78, 5) is 0. The molecule has 0 saturated heterocycles. The van der Waals surface area contributed by atoms with Crippen molar-refractivity contribution in [3.05, 3.63) is 68.2 Å². The van der Waals surface area contributed by atoms with Gasteiger partial charge in [-0.05, 0) is 62.2 Å². The molecule has 1 N–H and O–H groups in total. The van der Waals surface area contributed by atoms with Crippen molar-refractivity contribution < 1.29 is 0 Å². The van der Waals surface area contributed by atoms with E-state index in [9.17, 15) is 0 Å². The van der Waals surface area contributed by atoms with Gasteiger partial charge in [0.15, 0.2) is 0 Å². The molecule has 0 aliphatic carbocycles. The smallest absolute Gasteiger partial charge is 0.0595 e. The van der Waals surface area contributed by atoms with Crippen LogP contribution in [0.5, 0.6) is 0 Å². The Hall–Kier alpha value is -1.02. The molecule has 0 heterocycles. The van der Waals surface area contributed by atoms with E-state index >= 15 is 0 Å². The van der Waals surface area contributed by atoms with Crippen LogP contribution in [0.25, 0.3) is 0 Å². The maximum atomic E-state index is 6.15. The van der Waals surface area contributed by atoms with Crippen LogP contribution in [0.3, 0.4) is 0 Å². The van der Waals surface area contributed by atoms with Crippen LogP contribution < -0.4 is 5.32 Å². The van der Waals surface area contributed by atoms with E-state index in [0.29, 0.717) is 10.0 Å². The molecule has 2 aromatic rings. The Kier molecular flexibility index (Phi) is 4.74. The first-order valence-corrected chi connectivity index (χ1v) is 7.39. The molecule has 0 amide bonds. The Morgan fingerprint density at radius 3 is 2.00 bits per heavy atom. The molecule has 0 aliphatic rings. The van der Waals surface area contributed by atoms with Crippen LogP contribution in [0.15, 0.2) is 30.3 Å². The predicted octanol–water partition coefficient (Wildman–Crippen LogP) is 5.23. The lowest BCUT2D eigenvalue weighted by atomic mass is 9.90. The molecule has 0 radical (unpaired) electrons. The summed E-state index contributed by atoms with van der Waals surface area (Å²) in [6, 6.07) is 10.3. The van der Waals surface area contributed by atoms with Crippen molar-refractivity contribution >= 4 is 23.2 Å². The highest BCUT2D eigenvalue weighted by Gasteiger charge is 2.17. The second kappa shape index (κ2) is 6.17. The molecule has 0 fully saturated rings. The molecule has 2 rings (SSSR count). The second-order valence-electron chi connectivity index (χ2n) is 5.21. The molecule has 3 heteroatoms. The predicted molar refractivity (Wildman–Crippen MR) is 88.0 cm³/mol. The SMILES string of the molecule is CNC(c1ccc(Cl)c(Cl)c1)c1c(C)cc(C)cc1C. The standard InChI is InChI=1S/C17H19Cl2N/c1-10-7-11(2)16(12(3)8-10)17(20-4)13-5-6-14(18)15(19)9-13/h5-9,17,20H,1-4H3. The first kappa shape index (κ1) is 15.4. The Morgan fingerprint density at radius 1 is 0.900 bits per heavy atom. The molecule has 0 spiro atoms. The molecule has 106 valence electrons. The minimum absolute atomic E-state index is 0.116. The number of rotatable bonds is 3. The van der Waals surface area contributed by atoms with Gasteiger partial charge in [-0.25, -0.2) is 0 Å². The Balaban J connectivity index is 2.55. The van der Waals surface area contributed by atoms with Gasteiger partial charge in [-0.15, -0.1) is 0 Å². The van der Waals surface area contributed by atoms with Gasteiger partial charge in [-0.1, -0.05) is 47.0 Å². The number of aryl methyl sites for hydroxylation is 3. The minimum Gasteiger partial charge on any atom is -0.309 e. The van der Waals surface area contributed by atoms with Crippen LogP contribution in [0.4, 0.5) is 0 Å². The molecule has 1 atom stereocenters. The molecule has 0 saturated carbocycles. The summed E-state index contributed by atoms with van der Waals surface area (Å²) >= 11 is 12.2. The molecule has 2 aromatic carbocycles. The third kappa shape index (κ3) is 3.01. The van der Waals surface area contributed by atoms with Gasteiger partial charge in [0.05, 0.1) is 16.1 Å². The van der Waals surface area contributed by atoms with Crippen molar-refractivity contribution in [2.24, 2.45) is 0 Å². The Bertz CT molecular complexity index is 612. The first-order valence-electron chi connectivity index (χ1n) is 6.64. The van der Waals surface area contributed by atoms with Gasteiger partial charge in [0.25, 0.3) is 0 Å². The number of benzene rings is 2. The van der Waals surface area contributed by atoms with Gasteiger partial charge in [0.1, 0.15) is 0 Å². The summed E-state index contributed by atoms with van der Waals surface area (Å²) in [5.74, 6) is 0. The molecule has 0 aliphatic heterocycles. The number of nitrogens with one attached hydrogen (secondary N) is 1. The minimum atomic E-state index is 0.116. The summed E-state index contributed by atoms with van der Waals surface area (Å²) in [6.07, 6.45) is 0. The molecule has 1 nitrogen and oxygen atoms in total. The van der Waals surface area contributed by atoms with Gasteiger partial charge >= 0.3 is 0 Å². The fraction of sp³-hybridized carbons (Fsp3) is 0.294. The van der Waals surface area contributed by atoms with E-state index in [1.165, 1.54) is 22.3 Å². The lowest BCUT2D eigenvalue weighted by Gasteiger charge is -2.22. The van der Waals surface area contributed by atoms with Crippen molar-refractivity contribution in [1.29, 1.82) is 0 Å². The van der Waals surface area contributed by atoms with Crippen LogP contribution in [-0.4, -0.2) is 7.05 Å². The van der Waals surface area contributed by atoms with Crippen LogP contribution in [0.1, 0.15) is 33.9 Å². The summed E-state index contributed by atoms with van der Waals surface area (Å²) in [5.41, 5.74) is 6.28. The van der Waals surface area contributed by atoms with E-state index in [1.807, 2.05) is 25.2 Å². The van der Waals surface area contributed by atoms with Crippen molar-refractivity contribution in [2.75, 3.05) is 7.05 Å². The maximum Gasteiger partial charge on any atom is 0.0595 e. The number of hydrogen-bond acceptors (Lipinski definition) is 1. The normalized spacial score (nSPS) is 12.5. The van der Waals surface area contributed by atoms with E-state index < -0.39 is 0 Å². The quantitative estimate of drug-likeness (QED) is 0.819. The van der Waals surface area contributed by atoms with Crippen molar-refractivity contribution in [3.8, 4) is 0 Å². The summed E-state index contributed by atoms with van der Waals surface area (Å²) in [7, 11) is 1.96. The summed E-state index contributed by atoms with van der Waals surface area (Å²) < 4.78 is 0. The highest BCUT2D eigenvalue weighted by molar-refractivity contribution is 6.42. The van der Waals surface area contributed by atoms with E-state index in [2.05, 4.69) is 38.2 Å². The van der Waals surface area contributed by atoms with Gasteiger partial charge in [-0.3, -0.25) is 0 Å². The third-order valence-corrected chi connectivity index (χ3v) is 4.33. The fourth-order valence-electron chi connectivity index (χ4n) is 2.82. The first-order chi connectivity index (χ1) is 9.43. The van der Waals surface area contributed by atoms with Gasteiger partial charge in [0.2, 0.25) is 0 Å². The average molecular weight is 308 g/mol.